The van der Waals surface area contributed by atoms with E-state index in [-0.39, 0.29) is 90.3 Å². The monoisotopic (exact) mass is 1090 g/mol. The van der Waals surface area contributed by atoms with Crippen molar-refractivity contribution in [1.82, 2.24) is 0 Å². The Morgan fingerprint density at radius 2 is 1.67 bits per heavy atom. The van der Waals surface area contributed by atoms with Crippen LogP contribution < -0.4 is 10.4 Å². The highest BCUT2D eigenvalue weighted by Gasteiger charge is 2.63. The zero-order valence-corrected chi connectivity index (χ0v) is 47.0. The topological polar surface area (TPSA) is 162 Å². The number of carbonyl (C=O) groups is 2. The third-order valence-electron chi connectivity index (χ3n) is 21.2. The molecule has 5 aliphatic carbocycles. The van der Waals surface area contributed by atoms with E-state index in [1.165, 1.54) is 60.6 Å². The van der Waals surface area contributed by atoms with E-state index in [0.717, 1.165) is 56.1 Å². The predicted molar refractivity (Wildman–Crippen MR) is 309 cm³/mol. The van der Waals surface area contributed by atoms with Crippen molar-refractivity contribution < 1.29 is 48.3 Å². The number of benzene rings is 4. The molecule has 3 N–H and O–H groups in total. The summed E-state index contributed by atoms with van der Waals surface area (Å²) in [4.78, 5) is 45.8. The van der Waals surface area contributed by atoms with Crippen LogP contribution in [0.3, 0.4) is 0 Å². The fourth-order valence-corrected chi connectivity index (χ4v) is 17.5. The van der Waals surface area contributed by atoms with Gasteiger partial charge in [-0.25, -0.2) is 9.59 Å². The first-order chi connectivity index (χ1) is 39.6. The van der Waals surface area contributed by atoms with Crippen molar-refractivity contribution in [3.8, 4) is 5.75 Å². The Balaban J connectivity index is 0.988. The smallest absolute Gasteiger partial charge is 0.340 e. The Hall–Kier alpha value is -6.11. The van der Waals surface area contributed by atoms with Gasteiger partial charge >= 0.3 is 17.6 Å². The zero-order valence-electron chi connectivity index (χ0n) is 47.0. The number of ether oxygens (including phenoxy) is 4. The summed E-state index contributed by atoms with van der Waals surface area (Å²) >= 11 is 0. The van der Waals surface area contributed by atoms with Crippen molar-refractivity contribution in [2.24, 2.45) is 29.6 Å². The van der Waals surface area contributed by atoms with E-state index >= 15 is 9.59 Å². The van der Waals surface area contributed by atoms with Crippen LogP contribution >= 0.6 is 0 Å². The second-order valence-corrected chi connectivity index (χ2v) is 25.2. The molecule has 0 unspecified atom stereocenters. The highest BCUT2D eigenvalue weighted by molar-refractivity contribution is 5.90. The fraction of sp³-hybridized carbons (Fsp3) is 0.500. The average Bonchev–Trinajstić information content (AvgIpc) is 2.93. The van der Waals surface area contributed by atoms with Gasteiger partial charge in [0.2, 0.25) is 0 Å². The van der Waals surface area contributed by atoms with Crippen molar-refractivity contribution in [2.45, 2.75) is 164 Å². The number of carbonyl (C=O) groups excluding carboxylic acids is 2. The van der Waals surface area contributed by atoms with E-state index in [1.807, 2.05) is 6.07 Å². The minimum absolute atomic E-state index is 0.0228. The molecule has 4 heterocycles. The number of allylic oxidation sites excluding steroid dienone is 3. The zero-order chi connectivity index (χ0) is 55.6. The Kier molecular flexibility index (Phi) is 14.9. The normalized spacial score (nSPS) is 31.4. The minimum atomic E-state index is -1.32. The third kappa shape index (κ3) is 9.28. The number of hydrogen-bond donors (Lipinski definition) is 3. The van der Waals surface area contributed by atoms with Gasteiger partial charge in [-0.15, -0.1) is 0 Å². The van der Waals surface area contributed by atoms with Crippen LogP contribution in [0.2, 0.25) is 0 Å². The molecule has 2 fully saturated rings. The lowest BCUT2D eigenvalue weighted by molar-refractivity contribution is -0.213. The molecule has 1 spiro atoms. The number of aliphatic hydroxyl groups is 3. The molecule has 5 bridgehead atoms. The van der Waals surface area contributed by atoms with Crippen molar-refractivity contribution in [3.05, 3.63) is 180 Å². The first kappa shape index (κ1) is 54.2. The van der Waals surface area contributed by atoms with Crippen molar-refractivity contribution in [3.63, 3.8) is 0 Å². The molecule has 81 heavy (non-hydrogen) atoms. The van der Waals surface area contributed by atoms with Gasteiger partial charge in [0.15, 0.2) is 17.8 Å². The summed E-state index contributed by atoms with van der Waals surface area (Å²) in [6, 6.07) is 29.0. The van der Waals surface area contributed by atoms with Crippen molar-refractivity contribution >= 4 is 22.9 Å². The number of hydrogen-bond acceptors (Lipinski definition) is 11. The van der Waals surface area contributed by atoms with Gasteiger partial charge in [-0.3, -0.25) is 4.79 Å². The summed E-state index contributed by atoms with van der Waals surface area (Å²) in [6.45, 7) is 0.760. The number of methoxy groups -OCH3 is 1. The van der Waals surface area contributed by atoms with Gasteiger partial charge < -0.3 is 38.7 Å². The Morgan fingerprint density at radius 1 is 0.790 bits per heavy atom. The van der Waals surface area contributed by atoms with Crippen LogP contribution in [0.4, 0.5) is 0 Å². The molecule has 2 saturated carbocycles. The molecule has 0 radical (unpaired) electrons. The first-order valence-electron chi connectivity index (χ1n) is 30.4. The second kappa shape index (κ2) is 22.2. The standard InChI is InChI=1S/C70H78O11/c1-41(38-72)54-26-23-42-18-21-49-34-47(42)20-19-45-12-7-11-44-14-9-32-70(63(44)45)66(80-67(54)75)65(62-59(81-70)29-28-56-57(39-73)61(68(76)79-64(56)62)50(30-33-71)40-77-2)78-60(74)37-51-35-48(24-27-55(49)51)46-13-8-16-53(36-46)69-31-6-5-15-52(69)25-22-43-10-3-4-17-58(43)69/h3-4,8-10,13-14,16-18,21,24,27-29,34,36,44-45,48,50-52,55,63,65-66,71-73H,5-7,11-12,15,19-20,22-23,25-26,30-33,35,37-40H2,1-2H3/b54-41-/t44-,45+,48-,50-,51+,52-,55+,63+,65-,66+,69-,70+/m1/s1. The van der Waals surface area contributed by atoms with Crippen LogP contribution in [0, 0.1) is 29.6 Å². The average molecular weight is 1100 g/mol. The number of rotatable bonds is 9. The Morgan fingerprint density at radius 3 is 2.52 bits per heavy atom. The molecule has 11 nitrogen and oxygen atoms in total. The molecule has 424 valence electrons. The third-order valence-corrected chi connectivity index (χ3v) is 21.2. The highest BCUT2D eigenvalue weighted by atomic mass is 16.6. The summed E-state index contributed by atoms with van der Waals surface area (Å²) in [5.41, 5.74) is 8.87. The lowest BCUT2D eigenvalue weighted by atomic mass is 9.54. The lowest BCUT2D eigenvalue weighted by Gasteiger charge is -2.56. The van der Waals surface area contributed by atoms with Gasteiger partial charge in [-0.1, -0.05) is 110 Å². The molecule has 4 aromatic carbocycles. The van der Waals surface area contributed by atoms with Crippen LogP contribution in [0.25, 0.3) is 11.0 Å². The Bertz CT molecular complexity index is 3400. The summed E-state index contributed by atoms with van der Waals surface area (Å²) in [5.74, 6) is -0.976. The Labute approximate surface area is 475 Å². The van der Waals surface area contributed by atoms with Gasteiger partial charge in [-0.2, -0.15) is 0 Å². The van der Waals surface area contributed by atoms with Gasteiger partial charge in [0.25, 0.3) is 0 Å². The molecule has 3 aliphatic heterocycles. The van der Waals surface area contributed by atoms with Crippen molar-refractivity contribution in [2.75, 3.05) is 26.9 Å². The van der Waals surface area contributed by atoms with Crippen LogP contribution in [-0.4, -0.2) is 65.9 Å². The molecule has 5 aromatic rings. The summed E-state index contributed by atoms with van der Waals surface area (Å²) in [5, 5.41) is 32.6. The van der Waals surface area contributed by atoms with E-state index in [4.69, 9.17) is 23.4 Å². The van der Waals surface area contributed by atoms with E-state index in [0.29, 0.717) is 59.4 Å². The quantitative estimate of drug-likeness (QED) is 0.0557. The molecule has 1 aromatic heterocycles. The summed E-state index contributed by atoms with van der Waals surface area (Å²) in [6.07, 6.45) is 20.5. The molecule has 0 saturated heterocycles. The minimum Gasteiger partial charge on any atom is -0.482 e. The van der Waals surface area contributed by atoms with Gasteiger partial charge in [-0.05, 0) is 170 Å². The predicted octanol–water partition coefficient (Wildman–Crippen LogP) is 12.2. The maximum atomic E-state index is 15.8. The van der Waals surface area contributed by atoms with E-state index < -0.39 is 47.9 Å². The van der Waals surface area contributed by atoms with Gasteiger partial charge in [0.05, 0.1) is 25.4 Å². The van der Waals surface area contributed by atoms with Gasteiger partial charge in [0.1, 0.15) is 11.3 Å². The van der Waals surface area contributed by atoms with Crippen molar-refractivity contribution in [1.29, 1.82) is 0 Å². The number of esters is 2. The summed E-state index contributed by atoms with van der Waals surface area (Å²) in [7, 11) is 1.52. The molecular weight excluding hydrogens is 1020 g/mol. The maximum absolute atomic E-state index is 15.8. The number of fused-ring (bicyclic) bond motifs is 11. The van der Waals surface area contributed by atoms with E-state index in [2.05, 4.69) is 91.0 Å². The maximum Gasteiger partial charge on any atom is 0.340 e. The second-order valence-electron chi connectivity index (χ2n) is 25.2. The SMILES string of the molecule is COC[C@@H](CCO)c1c(CO)c2ccc3c(c2oc1=O)[C@H]1OC(=O)C[C@@H]2C[C@H](c4cccc([C@@]56CCCC[C@@H]5CCc5ccccc56)c4)C=C[C@H]2c2ccc4c(c2)CC[C@@H]2CCC[C@@H]5C=CC[C@](O3)([C@H]25)[C@H]1OC(=O)/C(=C(/C)CO)CC4. The fourth-order valence-electron chi connectivity index (χ4n) is 17.5. The van der Waals surface area contributed by atoms with Crippen LogP contribution in [0.5, 0.6) is 5.75 Å². The molecule has 0 amide bonds. The highest BCUT2D eigenvalue weighted by Crippen LogP contribution is 2.59. The van der Waals surface area contributed by atoms with E-state index in [9.17, 15) is 20.1 Å². The molecule has 13 rings (SSSR count). The molecule has 12 atom stereocenters. The molecular formula is C70H78O11. The van der Waals surface area contributed by atoms with Crippen LogP contribution in [0.1, 0.15) is 176 Å². The number of aliphatic hydroxyl groups excluding tert-OH is 3. The molecule has 8 aliphatic rings. The first-order valence-corrected chi connectivity index (χ1v) is 30.4. The summed E-state index contributed by atoms with van der Waals surface area (Å²) < 4.78 is 33.8. The van der Waals surface area contributed by atoms with Crippen LogP contribution in [0.15, 0.2) is 124 Å². The number of aryl methyl sites for hydroxylation is 3. The van der Waals surface area contributed by atoms with Crippen LogP contribution in [-0.2, 0) is 55.1 Å². The van der Waals surface area contributed by atoms with Gasteiger partial charge in [0, 0.05) is 72.2 Å². The largest absolute Gasteiger partial charge is 0.482 e. The van der Waals surface area contributed by atoms with E-state index in [1.54, 1.807) is 13.0 Å². The lowest BCUT2D eigenvalue weighted by Crippen LogP contribution is -2.64. The molecule has 11 heteroatoms.